The Morgan fingerprint density at radius 1 is 1.44 bits per heavy atom. The van der Waals surface area contributed by atoms with Crippen molar-refractivity contribution in [1.29, 1.82) is 0 Å². The highest BCUT2D eigenvalue weighted by atomic mass is 32.1. The van der Waals surface area contributed by atoms with Crippen LogP contribution in [0.3, 0.4) is 0 Å². The molecule has 0 aromatic carbocycles. The second kappa shape index (κ2) is 5.26. The molecule has 6 nitrogen and oxygen atoms in total. The lowest BCUT2D eigenvalue weighted by Crippen LogP contribution is -2.07. The number of aromatic nitrogens is 3. The minimum Gasteiger partial charge on any atom is -0.375 e. The number of Topliss-reactive ketones (excluding diaryl/α,β-unsaturated/α-hetero) is 1. The van der Waals surface area contributed by atoms with Crippen molar-refractivity contribution in [2.24, 2.45) is 0 Å². The molecular formula is C11H14N4O2S. The van der Waals surface area contributed by atoms with Crippen LogP contribution in [0, 0.1) is 13.8 Å². The van der Waals surface area contributed by atoms with E-state index >= 15 is 0 Å². The van der Waals surface area contributed by atoms with Crippen molar-refractivity contribution in [3.63, 3.8) is 0 Å². The van der Waals surface area contributed by atoms with Crippen LogP contribution >= 0.6 is 11.5 Å². The molecule has 0 fully saturated rings. The number of rotatable bonds is 5. The van der Waals surface area contributed by atoms with Gasteiger partial charge in [0.05, 0.1) is 11.3 Å². The van der Waals surface area contributed by atoms with Crippen molar-refractivity contribution in [2.75, 3.05) is 11.9 Å². The van der Waals surface area contributed by atoms with Crippen molar-refractivity contribution in [3.05, 3.63) is 23.0 Å². The molecule has 7 heteroatoms. The van der Waals surface area contributed by atoms with E-state index in [0.717, 1.165) is 10.7 Å². The van der Waals surface area contributed by atoms with Crippen molar-refractivity contribution in [1.82, 2.24) is 14.5 Å². The summed E-state index contributed by atoms with van der Waals surface area (Å²) in [5.41, 5.74) is 1.44. The van der Waals surface area contributed by atoms with Crippen LogP contribution in [0.15, 0.2) is 4.52 Å². The lowest BCUT2D eigenvalue weighted by molar-refractivity contribution is 0.101. The topological polar surface area (TPSA) is 80.9 Å². The van der Waals surface area contributed by atoms with Gasteiger partial charge in [-0.15, -0.1) is 0 Å². The maximum absolute atomic E-state index is 11.5. The van der Waals surface area contributed by atoms with Gasteiger partial charge in [0, 0.05) is 13.0 Å². The zero-order valence-corrected chi connectivity index (χ0v) is 11.3. The van der Waals surface area contributed by atoms with Crippen molar-refractivity contribution in [2.45, 2.75) is 27.2 Å². The highest BCUT2D eigenvalue weighted by molar-refractivity contribution is 7.10. The zero-order chi connectivity index (χ0) is 13.1. The Balaban J connectivity index is 1.96. The highest BCUT2D eigenvalue weighted by Gasteiger charge is 2.14. The molecule has 0 aliphatic carbocycles. The molecule has 0 atom stereocenters. The monoisotopic (exact) mass is 266 g/mol. The summed E-state index contributed by atoms with van der Waals surface area (Å²) >= 11 is 1.30. The minimum absolute atomic E-state index is 0.0254. The summed E-state index contributed by atoms with van der Waals surface area (Å²) in [6.45, 7) is 5.79. The molecule has 2 aromatic heterocycles. The second-order valence-corrected chi connectivity index (χ2v) is 4.71. The highest BCUT2D eigenvalue weighted by Crippen LogP contribution is 2.24. The van der Waals surface area contributed by atoms with Crippen LogP contribution in [-0.2, 0) is 6.42 Å². The molecule has 96 valence electrons. The number of hydrogen-bond acceptors (Lipinski definition) is 7. The maximum atomic E-state index is 11.5. The zero-order valence-electron chi connectivity index (χ0n) is 10.5. The third kappa shape index (κ3) is 2.73. The standard InChI is InChI=1S/C11H14N4O2S/c1-6-10(7(2)16)11(18-15-6)12-5-4-9-13-8(3)14-17-9/h12H,4-5H2,1-3H3. The Kier molecular flexibility index (Phi) is 3.71. The fraction of sp³-hybridized carbons (Fsp3) is 0.455. The number of anilines is 1. The van der Waals surface area contributed by atoms with E-state index in [1.165, 1.54) is 11.5 Å². The fourth-order valence-electron chi connectivity index (χ4n) is 1.63. The average molecular weight is 266 g/mol. The molecule has 0 radical (unpaired) electrons. The van der Waals surface area contributed by atoms with Crippen LogP contribution in [0.25, 0.3) is 0 Å². The van der Waals surface area contributed by atoms with E-state index < -0.39 is 0 Å². The van der Waals surface area contributed by atoms with Gasteiger partial charge in [0.2, 0.25) is 5.89 Å². The summed E-state index contributed by atoms with van der Waals surface area (Å²) in [5, 5.41) is 7.70. The minimum atomic E-state index is 0.0254. The molecule has 1 N–H and O–H groups in total. The largest absolute Gasteiger partial charge is 0.375 e. The molecule has 0 bridgehead atoms. The smallest absolute Gasteiger partial charge is 0.228 e. The summed E-state index contributed by atoms with van der Waals surface area (Å²) in [5.74, 6) is 1.24. The molecule has 0 aliphatic heterocycles. The van der Waals surface area contributed by atoms with E-state index in [1.54, 1.807) is 13.8 Å². The first kappa shape index (κ1) is 12.7. The van der Waals surface area contributed by atoms with Crippen LogP contribution < -0.4 is 5.32 Å². The lowest BCUT2D eigenvalue weighted by atomic mass is 10.2. The van der Waals surface area contributed by atoms with Gasteiger partial charge < -0.3 is 9.84 Å². The molecule has 2 rings (SSSR count). The van der Waals surface area contributed by atoms with Gasteiger partial charge in [-0.2, -0.15) is 9.36 Å². The first-order valence-corrected chi connectivity index (χ1v) is 6.35. The Labute approximate surface area is 109 Å². The van der Waals surface area contributed by atoms with Gasteiger partial charge in [0.15, 0.2) is 11.6 Å². The predicted molar refractivity (Wildman–Crippen MR) is 68.1 cm³/mol. The summed E-state index contributed by atoms with van der Waals surface area (Å²) in [6, 6.07) is 0. The van der Waals surface area contributed by atoms with Gasteiger partial charge >= 0.3 is 0 Å². The van der Waals surface area contributed by atoms with Gasteiger partial charge in [-0.25, -0.2) is 0 Å². The number of nitrogens with one attached hydrogen (secondary N) is 1. The summed E-state index contributed by atoms with van der Waals surface area (Å²) < 4.78 is 9.18. The van der Waals surface area contributed by atoms with Crippen molar-refractivity contribution >= 4 is 22.3 Å². The maximum Gasteiger partial charge on any atom is 0.228 e. The number of carbonyl (C=O) groups excluding carboxylic acids is 1. The van der Waals surface area contributed by atoms with Crippen molar-refractivity contribution < 1.29 is 9.32 Å². The van der Waals surface area contributed by atoms with E-state index in [0.29, 0.717) is 30.2 Å². The molecule has 0 amide bonds. The predicted octanol–water partition coefficient (Wildman–Crippen LogP) is 2.00. The van der Waals surface area contributed by atoms with E-state index in [2.05, 4.69) is 19.8 Å². The Bertz CT molecular complexity index is 561. The normalized spacial score (nSPS) is 10.6. The van der Waals surface area contributed by atoms with Gasteiger partial charge in [0.25, 0.3) is 0 Å². The van der Waals surface area contributed by atoms with Gasteiger partial charge in [-0.1, -0.05) is 5.16 Å². The van der Waals surface area contributed by atoms with Crippen LogP contribution in [0.2, 0.25) is 0 Å². The lowest BCUT2D eigenvalue weighted by Gasteiger charge is -2.03. The van der Waals surface area contributed by atoms with E-state index in [-0.39, 0.29) is 5.78 Å². The molecule has 18 heavy (non-hydrogen) atoms. The van der Waals surface area contributed by atoms with E-state index in [1.807, 2.05) is 6.92 Å². The Morgan fingerprint density at radius 2 is 2.22 bits per heavy atom. The molecule has 0 unspecified atom stereocenters. The second-order valence-electron chi connectivity index (χ2n) is 3.94. The molecule has 2 heterocycles. The van der Waals surface area contributed by atoms with Crippen LogP contribution in [0.1, 0.15) is 34.7 Å². The van der Waals surface area contributed by atoms with E-state index in [4.69, 9.17) is 4.52 Å². The third-order valence-electron chi connectivity index (χ3n) is 2.41. The molecule has 0 spiro atoms. The molecular weight excluding hydrogens is 252 g/mol. The molecule has 0 saturated heterocycles. The summed E-state index contributed by atoms with van der Waals surface area (Å²) in [4.78, 5) is 15.6. The van der Waals surface area contributed by atoms with Crippen LogP contribution in [0.4, 0.5) is 5.00 Å². The first-order chi connectivity index (χ1) is 8.58. The third-order valence-corrected chi connectivity index (χ3v) is 3.31. The van der Waals surface area contributed by atoms with E-state index in [9.17, 15) is 4.79 Å². The van der Waals surface area contributed by atoms with Gasteiger partial charge in [-0.3, -0.25) is 4.79 Å². The first-order valence-electron chi connectivity index (χ1n) is 5.58. The Hall–Kier alpha value is -1.76. The molecule has 0 saturated carbocycles. The van der Waals surface area contributed by atoms with Gasteiger partial charge in [0.1, 0.15) is 5.00 Å². The number of ketones is 1. The Morgan fingerprint density at radius 3 is 2.83 bits per heavy atom. The summed E-state index contributed by atoms with van der Waals surface area (Å²) in [7, 11) is 0. The van der Waals surface area contributed by atoms with Crippen LogP contribution in [0.5, 0.6) is 0 Å². The van der Waals surface area contributed by atoms with Crippen LogP contribution in [-0.4, -0.2) is 26.8 Å². The molecule has 0 aliphatic rings. The quantitative estimate of drug-likeness (QED) is 0.834. The summed E-state index contributed by atoms with van der Waals surface area (Å²) in [6.07, 6.45) is 0.620. The number of hydrogen-bond donors (Lipinski definition) is 1. The number of carbonyl (C=O) groups is 1. The number of nitrogens with zero attached hydrogens (tertiary/aromatic N) is 3. The van der Waals surface area contributed by atoms with Gasteiger partial charge in [-0.05, 0) is 32.3 Å². The average Bonchev–Trinajstić information content (AvgIpc) is 2.86. The van der Waals surface area contributed by atoms with Crippen molar-refractivity contribution in [3.8, 4) is 0 Å². The SMILES string of the molecule is CC(=O)c1c(C)nsc1NCCc1nc(C)no1. The fourth-order valence-corrected chi connectivity index (χ4v) is 2.50. The number of aryl methyl sites for hydroxylation is 2. The molecule has 2 aromatic rings.